The number of halogens is 1. The second-order valence-corrected chi connectivity index (χ2v) is 7.48. The molecule has 4 rings (SSSR count). The molecule has 2 atom stereocenters. The van der Waals surface area contributed by atoms with Crippen molar-refractivity contribution >= 4 is 11.9 Å². The van der Waals surface area contributed by atoms with Crippen LogP contribution in [0.5, 0.6) is 5.75 Å². The Morgan fingerprint density at radius 1 is 1.39 bits per heavy atom. The summed E-state index contributed by atoms with van der Waals surface area (Å²) in [6.45, 7) is 3.30. The highest BCUT2D eigenvalue weighted by atomic mass is 19.1. The third-order valence-corrected chi connectivity index (χ3v) is 5.19. The summed E-state index contributed by atoms with van der Waals surface area (Å²) in [6, 6.07) is 7.74. The number of carbonyl (C=O) groups is 1. The Bertz CT molecular complexity index is 873. The maximum Gasteiger partial charge on any atom is 0.272 e. The summed E-state index contributed by atoms with van der Waals surface area (Å²) in [4.78, 5) is 22.8. The number of anilines is 1. The van der Waals surface area contributed by atoms with Crippen LogP contribution in [-0.2, 0) is 4.74 Å². The third kappa shape index (κ3) is 3.91. The molecule has 1 amide bonds. The number of nitrogen functional groups attached to an aromatic ring is 1. The Balaban J connectivity index is 1.44. The first-order valence-corrected chi connectivity index (χ1v) is 9.39. The van der Waals surface area contributed by atoms with E-state index in [2.05, 4.69) is 9.97 Å². The first-order valence-electron chi connectivity index (χ1n) is 9.39. The summed E-state index contributed by atoms with van der Waals surface area (Å²) in [5.74, 6) is 0.0754. The number of likely N-dealkylation sites (tertiary alicyclic amines) is 1. The van der Waals surface area contributed by atoms with E-state index in [-0.39, 0.29) is 23.8 Å². The average Bonchev–Trinajstić information content (AvgIpc) is 3.02. The van der Waals surface area contributed by atoms with Crippen molar-refractivity contribution < 1.29 is 18.7 Å². The molecule has 1 aromatic heterocycles. The number of rotatable bonds is 3. The number of aromatic nitrogens is 2. The van der Waals surface area contributed by atoms with E-state index >= 15 is 0 Å². The van der Waals surface area contributed by atoms with Crippen LogP contribution in [0.15, 0.2) is 30.3 Å². The molecule has 0 saturated carbocycles. The lowest BCUT2D eigenvalue weighted by atomic mass is 9.89. The Morgan fingerprint density at radius 3 is 3.04 bits per heavy atom. The third-order valence-electron chi connectivity index (χ3n) is 5.19. The monoisotopic (exact) mass is 386 g/mol. The molecule has 2 saturated heterocycles. The molecule has 148 valence electrons. The summed E-state index contributed by atoms with van der Waals surface area (Å²) in [7, 11) is 0. The highest BCUT2D eigenvalue weighted by molar-refractivity contribution is 5.92. The maximum atomic E-state index is 13.4. The maximum absolute atomic E-state index is 13.4. The van der Waals surface area contributed by atoms with Gasteiger partial charge in [-0.05, 0) is 38.0 Å². The van der Waals surface area contributed by atoms with E-state index in [4.69, 9.17) is 15.2 Å². The van der Waals surface area contributed by atoms with Crippen LogP contribution in [0.4, 0.5) is 10.3 Å². The summed E-state index contributed by atoms with van der Waals surface area (Å²) in [5, 5.41) is 0. The summed E-state index contributed by atoms with van der Waals surface area (Å²) < 4.78 is 25.4. The second-order valence-electron chi connectivity index (χ2n) is 7.48. The molecule has 0 radical (unpaired) electrons. The highest BCUT2D eigenvalue weighted by Crippen LogP contribution is 2.36. The molecule has 2 aliphatic heterocycles. The predicted molar refractivity (Wildman–Crippen MR) is 100 cm³/mol. The van der Waals surface area contributed by atoms with Crippen LogP contribution in [0.3, 0.4) is 0 Å². The molecular weight excluding hydrogens is 363 g/mol. The molecule has 7 nitrogen and oxygen atoms in total. The molecule has 1 aromatic carbocycles. The van der Waals surface area contributed by atoms with Gasteiger partial charge in [0.15, 0.2) is 0 Å². The van der Waals surface area contributed by atoms with Gasteiger partial charge in [0.25, 0.3) is 5.91 Å². The molecule has 3 heterocycles. The van der Waals surface area contributed by atoms with Crippen LogP contribution < -0.4 is 10.5 Å². The fraction of sp³-hybridized carbons (Fsp3) is 0.450. The van der Waals surface area contributed by atoms with Gasteiger partial charge in [0.2, 0.25) is 5.95 Å². The molecule has 2 N–H and O–H groups in total. The molecule has 2 aliphatic rings. The topological polar surface area (TPSA) is 90.6 Å². The number of benzene rings is 1. The molecule has 2 aromatic rings. The minimum Gasteiger partial charge on any atom is -0.488 e. The fourth-order valence-electron chi connectivity index (χ4n) is 4.03. The zero-order valence-electron chi connectivity index (χ0n) is 15.7. The van der Waals surface area contributed by atoms with Crippen molar-refractivity contribution in [3.8, 4) is 5.75 Å². The molecule has 0 unspecified atom stereocenters. The number of amides is 1. The fourth-order valence-corrected chi connectivity index (χ4v) is 4.03. The normalized spacial score (nSPS) is 24.5. The van der Waals surface area contributed by atoms with E-state index in [1.165, 1.54) is 12.1 Å². The standard InChI is InChI=1S/C20H23FN4O3/c1-13-8-17(24-19(22)23-13)18(26)25-7-3-6-20(12-25)10-16(11-27-20)28-15-5-2-4-14(21)9-15/h2,4-5,8-9,16H,3,6-7,10-12H2,1H3,(H2,22,23,24)/t16-,20-/m1/s1. The summed E-state index contributed by atoms with van der Waals surface area (Å²) in [5.41, 5.74) is 6.19. The number of hydrogen-bond donors (Lipinski definition) is 1. The highest BCUT2D eigenvalue weighted by Gasteiger charge is 2.45. The van der Waals surface area contributed by atoms with Crippen molar-refractivity contribution in [3.05, 3.63) is 47.5 Å². The van der Waals surface area contributed by atoms with E-state index in [9.17, 15) is 9.18 Å². The van der Waals surface area contributed by atoms with Gasteiger partial charge in [0, 0.05) is 24.7 Å². The quantitative estimate of drug-likeness (QED) is 0.871. The first-order chi connectivity index (χ1) is 13.4. The lowest BCUT2D eigenvalue weighted by Gasteiger charge is -2.39. The van der Waals surface area contributed by atoms with Gasteiger partial charge in [-0.1, -0.05) is 6.07 Å². The Kier molecular flexibility index (Phi) is 4.89. The lowest BCUT2D eigenvalue weighted by Crippen LogP contribution is -2.50. The lowest BCUT2D eigenvalue weighted by molar-refractivity contribution is -0.0454. The van der Waals surface area contributed by atoms with Gasteiger partial charge in [-0.15, -0.1) is 0 Å². The van der Waals surface area contributed by atoms with E-state index in [0.717, 1.165) is 12.8 Å². The first kappa shape index (κ1) is 18.6. The van der Waals surface area contributed by atoms with Crippen molar-refractivity contribution in [3.63, 3.8) is 0 Å². The number of nitrogens with zero attached hydrogens (tertiary/aromatic N) is 3. The number of ether oxygens (including phenoxy) is 2. The minimum absolute atomic E-state index is 0.0933. The van der Waals surface area contributed by atoms with Crippen LogP contribution in [0.1, 0.15) is 35.4 Å². The predicted octanol–water partition coefficient (Wildman–Crippen LogP) is 2.35. The molecule has 1 spiro atoms. The summed E-state index contributed by atoms with van der Waals surface area (Å²) >= 11 is 0. The van der Waals surface area contributed by atoms with Gasteiger partial charge in [0.05, 0.1) is 18.8 Å². The second kappa shape index (κ2) is 7.35. The zero-order chi connectivity index (χ0) is 19.7. The van der Waals surface area contributed by atoms with Crippen molar-refractivity contribution in [2.75, 3.05) is 25.4 Å². The number of carbonyl (C=O) groups excluding carboxylic acids is 1. The van der Waals surface area contributed by atoms with Gasteiger partial charge in [-0.3, -0.25) is 4.79 Å². The van der Waals surface area contributed by atoms with Crippen molar-refractivity contribution in [1.29, 1.82) is 0 Å². The number of piperidine rings is 1. The molecule has 0 aliphatic carbocycles. The van der Waals surface area contributed by atoms with Gasteiger partial charge in [0.1, 0.15) is 23.4 Å². The largest absolute Gasteiger partial charge is 0.488 e. The molecule has 0 bridgehead atoms. The van der Waals surface area contributed by atoms with Crippen molar-refractivity contribution in [2.45, 2.75) is 37.9 Å². The van der Waals surface area contributed by atoms with Gasteiger partial charge < -0.3 is 20.1 Å². The van der Waals surface area contributed by atoms with Crippen molar-refractivity contribution in [1.82, 2.24) is 14.9 Å². The number of aryl methyl sites for hydroxylation is 1. The van der Waals surface area contributed by atoms with Gasteiger partial charge >= 0.3 is 0 Å². The van der Waals surface area contributed by atoms with Crippen LogP contribution in [0, 0.1) is 12.7 Å². The van der Waals surface area contributed by atoms with E-state index in [0.29, 0.717) is 43.3 Å². The number of hydrogen-bond acceptors (Lipinski definition) is 6. The molecule has 28 heavy (non-hydrogen) atoms. The molecule has 8 heteroatoms. The van der Waals surface area contributed by atoms with Gasteiger partial charge in [-0.25, -0.2) is 14.4 Å². The smallest absolute Gasteiger partial charge is 0.272 e. The molecular formula is C20H23FN4O3. The Morgan fingerprint density at radius 2 is 2.25 bits per heavy atom. The van der Waals surface area contributed by atoms with Crippen LogP contribution >= 0.6 is 0 Å². The van der Waals surface area contributed by atoms with E-state index < -0.39 is 5.60 Å². The summed E-state index contributed by atoms with van der Waals surface area (Å²) in [6.07, 6.45) is 2.16. The Hall–Kier alpha value is -2.74. The molecule has 2 fully saturated rings. The van der Waals surface area contributed by atoms with Crippen LogP contribution in [-0.4, -0.2) is 52.2 Å². The van der Waals surface area contributed by atoms with Gasteiger partial charge in [-0.2, -0.15) is 0 Å². The van der Waals surface area contributed by atoms with Crippen LogP contribution in [0.25, 0.3) is 0 Å². The van der Waals surface area contributed by atoms with E-state index in [1.54, 1.807) is 30.0 Å². The average molecular weight is 386 g/mol. The Labute approximate surface area is 162 Å². The van der Waals surface area contributed by atoms with Crippen molar-refractivity contribution in [2.24, 2.45) is 0 Å². The number of nitrogens with two attached hydrogens (primary N) is 1. The SMILES string of the molecule is Cc1cc(C(=O)N2CCC[C@@]3(C[C@@H](Oc4cccc(F)c4)CO3)C2)nc(N)n1. The van der Waals surface area contributed by atoms with E-state index in [1.807, 2.05) is 0 Å². The van der Waals surface area contributed by atoms with Crippen LogP contribution in [0.2, 0.25) is 0 Å². The zero-order valence-corrected chi connectivity index (χ0v) is 15.7. The minimum atomic E-state index is -0.445.